The number of nitrogens with zero attached hydrogens (tertiary/aromatic N) is 1. The Kier molecular flexibility index (Phi) is 6.34. The van der Waals surface area contributed by atoms with Crippen LogP contribution >= 0.6 is 0 Å². The molecule has 0 aliphatic carbocycles. The summed E-state index contributed by atoms with van der Waals surface area (Å²) in [7, 11) is 0. The van der Waals surface area contributed by atoms with E-state index in [1.54, 1.807) is 0 Å². The molecule has 3 rings (SSSR count). The minimum atomic E-state index is -0.122. The summed E-state index contributed by atoms with van der Waals surface area (Å²) in [5, 5.41) is 3.03. The lowest BCUT2D eigenvalue weighted by atomic mass is 10.0. The minimum Gasteiger partial charge on any atom is -0.484 e. The summed E-state index contributed by atoms with van der Waals surface area (Å²) in [5.41, 5.74) is 4.00. The molecule has 1 aliphatic heterocycles. The highest BCUT2D eigenvalue weighted by molar-refractivity contribution is 5.94. The van der Waals surface area contributed by atoms with Crippen LogP contribution in [0, 0.1) is 20.8 Å². The number of aryl methyl sites for hydroxylation is 3. The van der Waals surface area contributed by atoms with E-state index in [1.807, 2.05) is 68.1 Å². The lowest BCUT2D eigenvalue weighted by molar-refractivity contribution is -0.124. The van der Waals surface area contributed by atoms with Crippen molar-refractivity contribution < 1.29 is 14.3 Å². The van der Waals surface area contributed by atoms with Crippen LogP contribution in [0.15, 0.2) is 42.5 Å². The quantitative estimate of drug-likeness (QED) is 0.865. The maximum Gasteiger partial charge on any atom is 0.258 e. The minimum absolute atomic E-state index is 0.00629. The first-order chi connectivity index (χ1) is 13.4. The molecule has 1 N–H and O–H groups in total. The van der Waals surface area contributed by atoms with Crippen LogP contribution in [-0.4, -0.2) is 42.5 Å². The lowest BCUT2D eigenvalue weighted by Crippen LogP contribution is -2.47. The summed E-state index contributed by atoms with van der Waals surface area (Å²) in [4.78, 5) is 26.7. The molecule has 2 amide bonds. The van der Waals surface area contributed by atoms with Crippen molar-refractivity contribution in [3.05, 3.63) is 64.7 Å². The molecule has 2 aromatic rings. The predicted octanol–water partition coefficient (Wildman–Crippen LogP) is 3.41. The van der Waals surface area contributed by atoms with Gasteiger partial charge in [-0.25, -0.2) is 0 Å². The fourth-order valence-electron chi connectivity index (χ4n) is 3.56. The van der Waals surface area contributed by atoms with Crippen molar-refractivity contribution in [2.45, 2.75) is 39.7 Å². The number of hydrogen-bond donors (Lipinski definition) is 1. The fraction of sp³-hybridized carbons (Fsp3) is 0.391. The molecule has 0 aromatic heterocycles. The number of likely N-dealkylation sites (tertiary alicyclic amines) is 1. The van der Waals surface area contributed by atoms with Crippen LogP contribution in [0.25, 0.3) is 0 Å². The average molecular weight is 380 g/mol. The third-order valence-electron chi connectivity index (χ3n) is 5.10. The molecule has 0 saturated carbocycles. The van der Waals surface area contributed by atoms with E-state index in [1.165, 1.54) is 5.56 Å². The Bertz CT molecular complexity index is 855. The monoisotopic (exact) mass is 380 g/mol. The Morgan fingerprint density at radius 3 is 2.43 bits per heavy atom. The smallest absolute Gasteiger partial charge is 0.258 e. The van der Waals surface area contributed by atoms with Gasteiger partial charge in [0.25, 0.3) is 11.8 Å². The van der Waals surface area contributed by atoms with Gasteiger partial charge in [0.15, 0.2) is 6.61 Å². The molecular weight excluding hydrogens is 352 g/mol. The van der Waals surface area contributed by atoms with Gasteiger partial charge in [0.05, 0.1) is 0 Å². The summed E-state index contributed by atoms with van der Waals surface area (Å²) in [6.45, 7) is 7.29. The summed E-state index contributed by atoms with van der Waals surface area (Å²) < 4.78 is 5.65. The average Bonchev–Trinajstić information content (AvgIpc) is 2.67. The number of benzene rings is 2. The van der Waals surface area contributed by atoms with E-state index in [2.05, 4.69) is 5.32 Å². The Labute approximate surface area is 166 Å². The first-order valence-corrected chi connectivity index (χ1v) is 9.78. The molecule has 5 nitrogen and oxygen atoms in total. The standard InChI is InChI=1S/C23H28N2O3/c1-16-5-4-6-19(14-16)23(27)25-11-9-20(10-12-25)24-22(26)15-28-21-8-7-17(2)13-18(21)3/h4-8,13-14,20H,9-12,15H2,1-3H3,(H,24,26). The van der Waals surface area contributed by atoms with Gasteiger partial charge in [0.2, 0.25) is 0 Å². The fourth-order valence-corrected chi connectivity index (χ4v) is 3.56. The van der Waals surface area contributed by atoms with E-state index in [0.717, 1.165) is 35.3 Å². The highest BCUT2D eigenvalue weighted by Gasteiger charge is 2.24. The first kappa shape index (κ1) is 19.9. The molecule has 1 saturated heterocycles. The molecule has 148 valence electrons. The van der Waals surface area contributed by atoms with Crippen LogP contribution in [0.2, 0.25) is 0 Å². The molecule has 0 radical (unpaired) electrons. The number of hydrogen-bond acceptors (Lipinski definition) is 3. The highest BCUT2D eigenvalue weighted by atomic mass is 16.5. The number of amides is 2. The van der Waals surface area contributed by atoms with Crippen molar-refractivity contribution in [1.29, 1.82) is 0 Å². The molecule has 5 heteroatoms. The normalized spacial score (nSPS) is 14.6. The zero-order valence-corrected chi connectivity index (χ0v) is 16.8. The van der Waals surface area contributed by atoms with Gasteiger partial charge in [0, 0.05) is 24.7 Å². The second-order valence-corrected chi connectivity index (χ2v) is 7.56. The van der Waals surface area contributed by atoms with Crippen molar-refractivity contribution in [2.75, 3.05) is 19.7 Å². The van der Waals surface area contributed by atoms with Gasteiger partial charge in [-0.1, -0.05) is 35.4 Å². The molecule has 0 spiro atoms. The number of carbonyl (C=O) groups excluding carboxylic acids is 2. The Morgan fingerprint density at radius 1 is 1.04 bits per heavy atom. The van der Waals surface area contributed by atoms with Gasteiger partial charge in [-0.3, -0.25) is 9.59 Å². The molecule has 0 atom stereocenters. The van der Waals surface area contributed by atoms with Crippen molar-refractivity contribution in [1.82, 2.24) is 10.2 Å². The van der Waals surface area contributed by atoms with Gasteiger partial charge in [-0.15, -0.1) is 0 Å². The van der Waals surface area contributed by atoms with E-state index in [4.69, 9.17) is 4.74 Å². The van der Waals surface area contributed by atoms with Crippen LogP contribution in [0.4, 0.5) is 0 Å². The summed E-state index contributed by atoms with van der Waals surface area (Å²) in [6, 6.07) is 13.7. The maximum absolute atomic E-state index is 12.6. The molecule has 1 aliphatic rings. The third kappa shape index (κ3) is 5.12. The van der Waals surface area contributed by atoms with Gasteiger partial charge < -0.3 is 15.0 Å². The maximum atomic E-state index is 12.6. The molecule has 1 heterocycles. The van der Waals surface area contributed by atoms with E-state index in [9.17, 15) is 9.59 Å². The van der Waals surface area contributed by atoms with Crippen LogP contribution in [0.1, 0.15) is 39.9 Å². The van der Waals surface area contributed by atoms with Crippen molar-refractivity contribution in [3.8, 4) is 5.75 Å². The summed E-state index contributed by atoms with van der Waals surface area (Å²) >= 11 is 0. The van der Waals surface area contributed by atoms with Crippen LogP contribution < -0.4 is 10.1 Å². The number of nitrogens with one attached hydrogen (secondary N) is 1. The highest BCUT2D eigenvalue weighted by Crippen LogP contribution is 2.19. The largest absolute Gasteiger partial charge is 0.484 e. The van der Waals surface area contributed by atoms with Crippen LogP contribution in [0.5, 0.6) is 5.75 Å². The topological polar surface area (TPSA) is 58.6 Å². The van der Waals surface area contributed by atoms with Crippen molar-refractivity contribution >= 4 is 11.8 Å². The summed E-state index contributed by atoms with van der Waals surface area (Å²) in [6.07, 6.45) is 1.51. The number of piperidine rings is 1. The van der Waals surface area contributed by atoms with E-state index < -0.39 is 0 Å². The van der Waals surface area contributed by atoms with Gasteiger partial charge in [0.1, 0.15) is 5.75 Å². The second kappa shape index (κ2) is 8.91. The second-order valence-electron chi connectivity index (χ2n) is 7.56. The zero-order chi connectivity index (χ0) is 20.1. The first-order valence-electron chi connectivity index (χ1n) is 9.78. The SMILES string of the molecule is Cc1cccc(C(=O)N2CCC(NC(=O)COc3ccc(C)cc3C)CC2)c1. The van der Waals surface area contributed by atoms with Crippen LogP contribution in [-0.2, 0) is 4.79 Å². The zero-order valence-electron chi connectivity index (χ0n) is 16.8. The van der Waals surface area contributed by atoms with Crippen LogP contribution in [0.3, 0.4) is 0 Å². The molecular formula is C23H28N2O3. The molecule has 28 heavy (non-hydrogen) atoms. The van der Waals surface area contributed by atoms with Gasteiger partial charge >= 0.3 is 0 Å². The summed E-state index contributed by atoms with van der Waals surface area (Å²) in [5.74, 6) is 0.675. The van der Waals surface area contributed by atoms with Gasteiger partial charge in [-0.2, -0.15) is 0 Å². The number of rotatable bonds is 5. The third-order valence-corrected chi connectivity index (χ3v) is 5.10. The molecule has 2 aromatic carbocycles. The predicted molar refractivity (Wildman–Crippen MR) is 110 cm³/mol. The molecule has 0 bridgehead atoms. The Hall–Kier alpha value is -2.82. The van der Waals surface area contributed by atoms with Crippen molar-refractivity contribution in [3.63, 3.8) is 0 Å². The Balaban J connectivity index is 1.44. The number of carbonyl (C=O) groups is 2. The lowest BCUT2D eigenvalue weighted by Gasteiger charge is -2.32. The van der Waals surface area contributed by atoms with Crippen molar-refractivity contribution in [2.24, 2.45) is 0 Å². The molecule has 1 fully saturated rings. The van der Waals surface area contributed by atoms with E-state index in [-0.39, 0.29) is 24.5 Å². The number of ether oxygens (including phenoxy) is 1. The van der Waals surface area contributed by atoms with Gasteiger partial charge in [-0.05, 0) is 57.4 Å². The van der Waals surface area contributed by atoms with E-state index >= 15 is 0 Å². The molecule has 0 unspecified atom stereocenters. The Morgan fingerprint density at radius 2 is 1.75 bits per heavy atom. The van der Waals surface area contributed by atoms with E-state index in [0.29, 0.717) is 13.1 Å².